The summed E-state index contributed by atoms with van der Waals surface area (Å²) in [6.07, 6.45) is 3.85. The van der Waals surface area contributed by atoms with Crippen LogP contribution >= 0.6 is 0 Å². The maximum Gasteiger partial charge on any atom is 0.146 e. The summed E-state index contributed by atoms with van der Waals surface area (Å²) in [5, 5.41) is 3.35. The fourth-order valence-electron chi connectivity index (χ4n) is 2.13. The van der Waals surface area contributed by atoms with E-state index in [1.54, 1.807) is 12.3 Å². The topological polar surface area (TPSA) is 28.2 Å². The van der Waals surface area contributed by atoms with Crippen molar-refractivity contribution in [2.45, 2.75) is 33.2 Å². The van der Waals surface area contributed by atoms with Gasteiger partial charge in [0.2, 0.25) is 0 Å². The lowest BCUT2D eigenvalue weighted by Gasteiger charge is -2.23. The van der Waals surface area contributed by atoms with Crippen LogP contribution in [0, 0.1) is 5.82 Å². The first kappa shape index (κ1) is 15.1. The number of aromatic nitrogens is 1. The van der Waals surface area contributed by atoms with Crippen molar-refractivity contribution < 1.29 is 4.39 Å². The lowest BCUT2D eigenvalue weighted by Crippen LogP contribution is -2.30. The van der Waals surface area contributed by atoms with Gasteiger partial charge in [-0.1, -0.05) is 20.8 Å². The standard InChI is InChI=1S/C14H24FN3/c1-4-17-14(8-10-18(5-2)6-3)12-7-9-16-11-13(12)15/h7,9,11,14,17H,4-6,8,10H2,1-3H3. The molecule has 0 saturated carbocycles. The van der Waals surface area contributed by atoms with Gasteiger partial charge in [0.15, 0.2) is 0 Å². The van der Waals surface area contributed by atoms with Crippen LogP contribution in [-0.4, -0.2) is 36.1 Å². The predicted octanol–water partition coefficient (Wildman–Crippen LogP) is 2.60. The van der Waals surface area contributed by atoms with E-state index in [1.165, 1.54) is 6.20 Å². The lowest BCUT2D eigenvalue weighted by molar-refractivity contribution is 0.281. The van der Waals surface area contributed by atoms with Gasteiger partial charge in [0.05, 0.1) is 6.20 Å². The molecule has 0 amide bonds. The third-order valence-electron chi connectivity index (χ3n) is 3.26. The summed E-state index contributed by atoms with van der Waals surface area (Å²) in [5.74, 6) is -0.219. The second-order valence-corrected chi connectivity index (χ2v) is 4.32. The zero-order valence-electron chi connectivity index (χ0n) is 11.6. The Hall–Kier alpha value is -1.00. The molecule has 0 aliphatic rings. The lowest BCUT2D eigenvalue weighted by atomic mass is 10.0. The highest BCUT2D eigenvalue weighted by molar-refractivity contribution is 5.17. The smallest absolute Gasteiger partial charge is 0.146 e. The Balaban J connectivity index is 2.68. The number of nitrogens with zero attached hydrogens (tertiary/aromatic N) is 2. The molecule has 0 saturated heterocycles. The van der Waals surface area contributed by atoms with Crippen molar-refractivity contribution in [3.05, 3.63) is 29.8 Å². The summed E-state index contributed by atoms with van der Waals surface area (Å²) >= 11 is 0. The van der Waals surface area contributed by atoms with Crippen molar-refractivity contribution in [1.29, 1.82) is 0 Å². The molecular weight excluding hydrogens is 229 g/mol. The molecule has 1 heterocycles. The van der Waals surface area contributed by atoms with E-state index in [1.807, 2.05) is 6.92 Å². The molecule has 0 fully saturated rings. The van der Waals surface area contributed by atoms with Gasteiger partial charge in [-0.05, 0) is 38.7 Å². The van der Waals surface area contributed by atoms with Gasteiger partial charge in [0.25, 0.3) is 0 Å². The summed E-state index contributed by atoms with van der Waals surface area (Å²) in [4.78, 5) is 6.15. The molecule has 1 aromatic heterocycles. The van der Waals surface area contributed by atoms with Crippen molar-refractivity contribution in [2.75, 3.05) is 26.2 Å². The van der Waals surface area contributed by atoms with Crippen LogP contribution in [0.3, 0.4) is 0 Å². The van der Waals surface area contributed by atoms with Gasteiger partial charge in [0.1, 0.15) is 5.82 Å². The van der Waals surface area contributed by atoms with Gasteiger partial charge in [0, 0.05) is 17.8 Å². The first-order valence-electron chi connectivity index (χ1n) is 6.78. The quantitative estimate of drug-likeness (QED) is 0.772. The van der Waals surface area contributed by atoms with Crippen molar-refractivity contribution in [1.82, 2.24) is 15.2 Å². The molecule has 1 unspecified atom stereocenters. The molecule has 0 spiro atoms. The number of hydrogen-bond donors (Lipinski definition) is 1. The van der Waals surface area contributed by atoms with Crippen LogP contribution in [0.2, 0.25) is 0 Å². The Morgan fingerprint density at radius 3 is 2.61 bits per heavy atom. The minimum Gasteiger partial charge on any atom is -0.310 e. The third kappa shape index (κ3) is 4.35. The molecule has 1 aromatic rings. The molecule has 18 heavy (non-hydrogen) atoms. The number of rotatable bonds is 8. The van der Waals surface area contributed by atoms with Crippen LogP contribution in [0.25, 0.3) is 0 Å². The third-order valence-corrected chi connectivity index (χ3v) is 3.26. The molecule has 102 valence electrons. The van der Waals surface area contributed by atoms with Crippen molar-refractivity contribution in [3.8, 4) is 0 Å². The Morgan fingerprint density at radius 2 is 2.06 bits per heavy atom. The Kier molecular flexibility index (Phi) is 6.83. The van der Waals surface area contributed by atoms with Crippen LogP contribution in [0.5, 0.6) is 0 Å². The molecule has 0 aromatic carbocycles. The normalized spacial score (nSPS) is 12.9. The second kappa shape index (κ2) is 8.16. The molecule has 1 N–H and O–H groups in total. The van der Waals surface area contributed by atoms with E-state index in [0.29, 0.717) is 0 Å². The highest BCUT2D eigenvalue weighted by Gasteiger charge is 2.15. The molecule has 0 radical (unpaired) electrons. The monoisotopic (exact) mass is 253 g/mol. The summed E-state index contributed by atoms with van der Waals surface area (Å²) in [6, 6.07) is 1.84. The zero-order valence-corrected chi connectivity index (χ0v) is 11.6. The van der Waals surface area contributed by atoms with Gasteiger partial charge in [-0.2, -0.15) is 0 Å². The number of halogens is 1. The van der Waals surface area contributed by atoms with Gasteiger partial charge in [-0.25, -0.2) is 4.39 Å². The van der Waals surface area contributed by atoms with Gasteiger partial charge < -0.3 is 10.2 Å². The van der Waals surface area contributed by atoms with Crippen LogP contribution in [-0.2, 0) is 0 Å². The first-order chi connectivity index (χ1) is 8.72. The van der Waals surface area contributed by atoms with Gasteiger partial charge in [-0.3, -0.25) is 4.98 Å². The van der Waals surface area contributed by atoms with Crippen LogP contribution in [0.4, 0.5) is 4.39 Å². The molecule has 0 aliphatic carbocycles. The molecule has 0 bridgehead atoms. The summed E-state index contributed by atoms with van der Waals surface area (Å²) in [5.41, 5.74) is 0.721. The largest absolute Gasteiger partial charge is 0.310 e. The Labute approximate surface area is 109 Å². The second-order valence-electron chi connectivity index (χ2n) is 4.32. The highest BCUT2D eigenvalue weighted by Crippen LogP contribution is 2.19. The molecular formula is C14H24FN3. The SMILES string of the molecule is CCNC(CCN(CC)CC)c1ccncc1F. The number of nitrogens with one attached hydrogen (secondary N) is 1. The van der Waals surface area contributed by atoms with E-state index in [0.717, 1.165) is 38.2 Å². The van der Waals surface area contributed by atoms with E-state index in [-0.39, 0.29) is 11.9 Å². The molecule has 3 nitrogen and oxygen atoms in total. The molecule has 4 heteroatoms. The molecule has 1 rings (SSSR count). The van der Waals surface area contributed by atoms with Crippen molar-refractivity contribution in [3.63, 3.8) is 0 Å². The summed E-state index contributed by atoms with van der Waals surface area (Å²) in [7, 11) is 0. The summed E-state index contributed by atoms with van der Waals surface area (Å²) in [6.45, 7) is 10.2. The Bertz CT molecular complexity index is 340. The van der Waals surface area contributed by atoms with Crippen molar-refractivity contribution >= 4 is 0 Å². The number of hydrogen-bond acceptors (Lipinski definition) is 3. The maximum atomic E-state index is 13.7. The average Bonchev–Trinajstić information content (AvgIpc) is 2.39. The fourth-order valence-corrected chi connectivity index (χ4v) is 2.13. The van der Waals surface area contributed by atoms with E-state index >= 15 is 0 Å². The van der Waals surface area contributed by atoms with Crippen LogP contribution in [0.1, 0.15) is 38.8 Å². The van der Waals surface area contributed by atoms with E-state index in [2.05, 4.69) is 29.0 Å². The Morgan fingerprint density at radius 1 is 1.33 bits per heavy atom. The van der Waals surface area contributed by atoms with Crippen LogP contribution < -0.4 is 5.32 Å². The van der Waals surface area contributed by atoms with E-state index < -0.39 is 0 Å². The fraction of sp³-hybridized carbons (Fsp3) is 0.643. The van der Waals surface area contributed by atoms with Crippen LogP contribution in [0.15, 0.2) is 18.5 Å². The van der Waals surface area contributed by atoms with Gasteiger partial charge in [-0.15, -0.1) is 0 Å². The molecule has 1 atom stereocenters. The predicted molar refractivity (Wildman–Crippen MR) is 73.0 cm³/mol. The number of pyridine rings is 1. The van der Waals surface area contributed by atoms with Gasteiger partial charge >= 0.3 is 0 Å². The average molecular weight is 253 g/mol. The minimum absolute atomic E-state index is 0.0681. The minimum atomic E-state index is -0.219. The van der Waals surface area contributed by atoms with E-state index in [9.17, 15) is 4.39 Å². The van der Waals surface area contributed by atoms with E-state index in [4.69, 9.17) is 0 Å². The zero-order chi connectivity index (χ0) is 13.4. The first-order valence-corrected chi connectivity index (χ1v) is 6.78. The molecule has 0 aliphatic heterocycles. The summed E-state index contributed by atoms with van der Waals surface area (Å²) < 4.78 is 13.7. The highest BCUT2D eigenvalue weighted by atomic mass is 19.1. The maximum absolute atomic E-state index is 13.7. The van der Waals surface area contributed by atoms with Crippen molar-refractivity contribution in [2.24, 2.45) is 0 Å².